The monoisotopic (exact) mass is 448 g/mol. The summed E-state index contributed by atoms with van der Waals surface area (Å²) in [6.45, 7) is 8.39. The number of benzene rings is 1. The van der Waals surface area contributed by atoms with Gasteiger partial charge < -0.3 is 14.7 Å². The van der Waals surface area contributed by atoms with E-state index in [1.54, 1.807) is 13.8 Å². The summed E-state index contributed by atoms with van der Waals surface area (Å²) in [6.07, 6.45) is 1.88. The number of amides is 1. The molecule has 1 aliphatic rings. The third kappa shape index (κ3) is 5.46. The van der Waals surface area contributed by atoms with E-state index in [1.165, 1.54) is 9.99 Å². The second-order valence-electron chi connectivity index (χ2n) is 7.89. The summed E-state index contributed by atoms with van der Waals surface area (Å²) in [6, 6.07) is 10.2. The molecule has 170 valence electrons. The topological polar surface area (TPSA) is 95.8 Å². The zero-order chi connectivity index (χ0) is 22.4. The van der Waals surface area contributed by atoms with Crippen LogP contribution < -0.4 is 10.2 Å². The van der Waals surface area contributed by atoms with E-state index in [2.05, 4.69) is 34.4 Å². The molecular weight excluding hydrogens is 416 g/mol. The highest BCUT2D eigenvalue weighted by Crippen LogP contribution is 2.27. The van der Waals surface area contributed by atoms with Crippen LogP contribution in [0.25, 0.3) is 0 Å². The molecule has 31 heavy (non-hydrogen) atoms. The number of para-hydroxylation sites is 1. The van der Waals surface area contributed by atoms with Gasteiger partial charge >= 0.3 is 0 Å². The Bertz CT molecular complexity index is 947. The number of piperidine rings is 1. The quantitative estimate of drug-likeness (QED) is 0.593. The zero-order valence-electron chi connectivity index (χ0n) is 18.5. The fraction of sp³-hybridized carbons (Fsp3) is 0.545. The summed E-state index contributed by atoms with van der Waals surface area (Å²) in [5.41, 5.74) is 1.55. The van der Waals surface area contributed by atoms with Crippen LogP contribution in [0.15, 0.2) is 39.8 Å². The van der Waals surface area contributed by atoms with Crippen LogP contribution in [0, 0.1) is 19.8 Å². The molecule has 0 spiro atoms. The first-order chi connectivity index (χ1) is 14.8. The zero-order valence-corrected chi connectivity index (χ0v) is 19.3. The Morgan fingerprint density at radius 3 is 2.48 bits per heavy atom. The number of aromatic nitrogens is 1. The van der Waals surface area contributed by atoms with Gasteiger partial charge in [0.1, 0.15) is 10.6 Å². The maximum atomic E-state index is 12.9. The van der Waals surface area contributed by atoms with Crippen molar-refractivity contribution in [2.24, 2.45) is 5.92 Å². The number of hydrogen-bond acceptors (Lipinski definition) is 6. The van der Waals surface area contributed by atoms with E-state index in [0.717, 1.165) is 19.5 Å². The van der Waals surface area contributed by atoms with Gasteiger partial charge in [0.15, 0.2) is 5.76 Å². The van der Waals surface area contributed by atoms with Crippen LogP contribution in [-0.4, -0.2) is 56.5 Å². The maximum Gasteiger partial charge on any atom is 0.248 e. The first kappa shape index (κ1) is 23.3. The summed E-state index contributed by atoms with van der Waals surface area (Å²) in [5.74, 6) is 0.152. The van der Waals surface area contributed by atoms with Crippen molar-refractivity contribution in [2.75, 3.05) is 37.6 Å². The smallest absolute Gasteiger partial charge is 0.248 e. The minimum atomic E-state index is -3.65. The predicted octanol–water partition coefficient (Wildman–Crippen LogP) is 2.72. The second-order valence-corrected chi connectivity index (χ2v) is 9.77. The molecule has 1 fully saturated rings. The number of nitrogens with one attached hydrogen (secondary N) is 1. The summed E-state index contributed by atoms with van der Waals surface area (Å²) in [4.78, 5) is 15.0. The van der Waals surface area contributed by atoms with Crippen molar-refractivity contribution in [3.63, 3.8) is 0 Å². The lowest BCUT2D eigenvalue weighted by Crippen LogP contribution is -2.43. The van der Waals surface area contributed by atoms with Crippen molar-refractivity contribution >= 4 is 21.6 Å². The van der Waals surface area contributed by atoms with Gasteiger partial charge in [0.25, 0.3) is 0 Å². The van der Waals surface area contributed by atoms with Crippen molar-refractivity contribution in [3.05, 3.63) is 41.8 Å². The molecule has 8 nitrogen and oxygen atoms in total. The maximum absolute atomic E-state index is 12.9. The molecule has 0 atom stereocenters. The van der Waals surface area contributed by atoms with Crippen molar-refractivity contribution in [3.8, 4) is 0 Å². The molecule has 1 N–H and O–H groups in total. The van der Waals surface area contributed by atoms with Crippen LogP contribution in [0.1, 0.15) is 37.6 Å². The first-order valence-electron chi connectivity index (χ1n) is 10.8. The fourth-order valence-corrected chi connectivity index (χ4v) is 5.83. The predicted molar refractivity (Wildman–Crippen MR) is 119 cm³/mol. The van der Waals surface area contributed by atoms with E-state index in [-0.39, 0.29) is 16.7 Å². The van der Waals surface area contributed by atoms with Crippen LogP contribution in [0.3, 0.4) is 0 Å². The molecule has 1 aromatic carbocycles. The third-order valence-electron chi connectivity index (χ3n) is 5.80. The molecule has 9 heteroatoms. The lowest BCUT2D eigenvalue weighted by Gasteiger charge is -2.30. The van der Waals surface area contributed by atoms with Crippen LogP contribution in [-0.2, 0) is 14.8 Å². The summed E-state index contributed by atoms with van der Waals surface area (Å²) in [7, 11) is -3.65. The highest BCUT2D eigenvalue weighted by molar-refractivity contribution is 7.89. The lowest BCUT2D eigenvalue weighted by molar-refractivity contribution is -0.126. The normalized spacial score (nSPS) is 15.7. The van der Waals surface area contributed by atoms with Gasteiger partial charge in [-0.25, -0.2) is 8.42 Å². The Morgan fingerprint density at radius 1 is 1.23 bits per heavy atom. The van der Waals surface area contributed by atoms with Crippen molar-refractivity contribution in [1.82, 2.24) is 14.8 Å². The number of carbonyl (C=O) groups excluding carboxylic acids is 1. The Kier molecular flexibility index (Phi) is 7.72. The summed E-state index contributed by atoms with van der Waals surface area (Å²) < 4.78 is 32.3. The second kappa shape index (κ2) is 10.3. The van der Waals surface area contributed by atoms with E-state index in [9.17, 15) is 13.2 Å². The van der Waals surface area contributed by atoms with Crippen LogP contribution in [0.5, 0.6) is 0 Å². The van der Waals surface area contributed by atoms with E-state index < -0.39 is 10.0 Å². The van der Waals surface area contributed by atoms with Gasteiger partial charge in [0.2, 0.25) is 15.9 Å². The fourth-order valence-electron chi connectivity index (χ4n) is 4.06. The standard InChI is InChI=1S/C22H32N4O4S/c1-4-25(20-9-6-5-7-10-20)14-8-13-23-22(27)19-11-15-26(16-12-19)31(28,29)21-17(2)24-30-18(21)3/h5-7,9-10,19H,4,8,11-16H2,1-3H3,(H,23,27). The first-order valence-corrected chi connectivity index (χ1v) is 12.3. The van der Waals surface area contributed by atoms with E-state index in [1.807, 2.05) is 18.2 Å². The lowest BCUT2D eigenvalue weighted by atomic mass is 9.97. The number of aryl methyl sites for hydroxylation is 2. The van der Waals surface area contributed by atoms with E-state index in [0.29, 0.717) is 43.9 Å². The number of anilines is 1. The summed E-state index contributed by atoms with van der Waals surface area (Å²) >= 11 is 0. The van der Waals surface area contributed by atoms with Gasteiger partial charge in [-0.2, -0.15) is 4.31 Å². The number of rotatable bonds is 9. The molecule has 0 unspecified atom stereocenters. The van der Waals surface area contributed by atoms with Crippen LogP contribution in [0.2, 0.25) is 0 Å². The van der Waals surface area contributed by atoms with Crippen molar-refractivity contribution < 1.29 is 17.7 Å². The molecule has 1 aliphatic heterocycles. The molecule has 1 saturated heterocycles. The molecule has 0 saturated carbocycles. The average Bonchev–Trinajstić information content (AvgIpc) is 3.13. The van der Waals surface area contributed by atoms with Gasteiger partial charge in [-0.05, 0) is 52.2 Å². The van der Waals surface area contributed by atoms with Gasteiger partial charge in [-0.3, -0.25) is 4.79 Å². The molecule has 0 bridgehead atoms. The number of carbonyl (C=O) groups is 1. The Morgan fingerprint density at radius 2 is 1.90 bits per heavy atom. The SMILES string of the molecule is CCN(CCCNC(=O)C1CCN(S(=O)(=O)c2c(C)noc2C)CC1)c1ccccc1. The van der Waals surface area contributed by atoms with Crippen molar-refractivity contribution in [1.29, 1.82) is 0 Å². The third-order valence-corrected chi connectivity index (χ3v) is 7.94. The molecule has 0 radical (unpaired) electrons. The Hall–Kier alpha value is -2.39. The molecule has 3 rings (SSSR count). The largest absolute Gasteiger partial charge is 0.372 e. The molecule has 2 heterocycles. The van der Waals surface area contributed by atoms with Crippen LogP contribution >= 0.6 is 0 Å². The minimum Gasteiger partial charge on any atom is -0.372 e. The molecule has 0 aliphatic carbocycles. The van der Waals surface area contributed by atoms with Gasteiger partial charge in [0.05, 0.1) is 0 Å². The summed E-state index contributed by atoms with van der Waals surface area (Å²) in [5, 5.41) is 6.78. The molecule has 2 aromatic rings. The van der Waals surface area contributed by atoms with Gasteiger partial charge in [-0.1, -0.05) is 23.4 Å². The molecule has 1 amide bonds. The number of nitrogens with zero attached hydrogens (tertiary/aromatic N) is 3. The minimum absolute atomic E-state index is 0.0112. The van der Waals surface area contributed by atoms with Crippen molar-refractivity contribution in [2.45, 2.75) is 44.9 Å². The molecule has 1 aromatic heterocycles. The molecular formula is C22H32N4O4S. The van der Waals surface area contributed by atoms with Crippen LogP contribution in [0.4, 0.5) is 5.69 Å². The Labute approximate surface area is 184 Å². The van der Waals surface area contributed by atoms with E-state index >= 15 is 0 Å². The average molecular weight is 449 g/mol. The number of hydrogen-bond donors (Lipinski definition) is 1. The number of sulfonamides is 1. The highest BCUT2D eigenvalue weighted by Gasteiger charge is 2.35. The van der Waals surface area contributed by atoms with Gasteiger partial charge in [-0.15, -0.1) is 0 Å². The Balaban J connectivity index is 1.44. The van der Waals surface area contributed by atoms with E-state index in [4.69, 9.17) is 4.52 Å². The van der Waals surface area contributed by atoms with Gasteiger partial charge in [0, 0.05) is 44.3 Å². The highest BCUT2D eigenvalue weighted by atomic mass is 32.2.